The lowest BCUT2D eigenvalue weighted by atomic mass is 9.96. The molecule has 0 aliphatic carbocycles. The molecular weight excluding hydrogens is 322 g/mol. The van der Waals surface area contributed by atoms with Gasteiger partial charge in [0.2, 0.25) is 0 Å². The maximum atomic E-state index is 3.55. The van der Waals surface area contributed by atoms with Crippen LogP contribution >= 0.6 is 15.9 Å². The number of unbranched alkanes of at least 4 members (excludes halogenated alkanes) is 7. The zero-order chi connectivity index (χ0) is 15.5. The lowest BCUT2D eigenvalue weighted by Crippen LogP contribution is -2.17. The first-order chi connectivity index (χ1) is 10.2. The normalized spacial score (nSPS) is 12.6. The molecule has 0 aliphatic heterocycles. The minimum atomic E-state index is 0.498. The molecule has 2 heteroatoms. The topological polar surface area (TPSA) is 12.0 Å². The van der Waals surface area contributed by atoms with E-state index >= 15 is 0 Å². The fourth-order valence-electron chi connectivity index (χ4n) is 2.97. The van der Waals surface area contributed by atoms with E-state index in [4.69, 9.17) is 0 Å². The highest BCUT2D eigenvalue weighted by Crippen LogP contribution is 2.25. The molecule has 0 radical (unpaired) electrons. The van der Waals surface area contributed by atoms with Gasteiger partial charge in [-0.1, -0.05) is 80.3 Å². The van der Waals surface area contributed by atoms with E-state index in [1.165, 1.54) is 73.4 Å². The molecule has 0 spiro atoms. The lowest BCUT2D eigenvalue weighted by Gasteiger charge is -2.19. The number of aryl methyl sites for hydroxylation is 1. The first-order valence-electron chi connectivity index (χ1n) is 8.62. The molecule has 0 aliphatic rings. The van der Waals surface area contributed by atoms with Crippen LogP contribution in [-0.2, 0) is 0 Å². The van der Waals surface area contributed by atoms with E-state index in [1.54, 1.807) is 0 Å². The summed E-state index contributed by atoms with van der Waals surface area (Å²) in [5.41, 5.74) is 2.83. The van der Waals surface area contributed by atoms with Gasteiger partial charge >= 0.3 is 0 Å². The number of nitrogens with one attached hydrogen (secondary N) is 1. The van der Waals surface area contributed by atoms with Crippen LogP contribution in [0.2, 0.25) is 0 Å². The Morgan fingerprint density at radius 1 is 1.00 bits per heavy atom. The quantitative estimate of drug-likeness (QED) is 0.444. The second-order valence-electron chi connectivity index (χ2n) is 6.11. The summed E-state index contributed by atoms with van der Waals surface area (Å²) in [6.07, 6.45) is 12.4. The summed E-state index contributed by atoms with van der Waals surface area (Å²) in [5, 5.41) is 3.48. The zero-order valence-corrected chi connectivity index (χ0v) is 15.6. The summed E-state index contributed by atoms with van der Waals surface area (Å²) in [4.78, 5) is 0. The van der Waals surface area contributed by atoms with Gasteiger partial charge < -0.3 is 5.32 Å². The van der Waals surface area contributed by atoms with Gasteiger partial charge in [-0.25, -0.2) is 0 Å². The van der Waals surface area contributed by atoms with Crippen LogP contribution in [0.3, 0.4) is 0 Å². The van der Waals surface area contributed by atoms with Gasteiger partial charge in [0.25, 0.3) is 0 Å². The van der Waals surface area contributed by atoms with Crippen molar-refractivity contribution in [1.82, 2.24) is 5.32 Å². The van der Waals surface area contributed by atoms with Crippen molar-refractivity contribution in [3.8, 4) is 0 Å². The molecule has 1 aromatic carbocycles. The Balaban J connectivity index is 2.25. The third-order valence-electron chi connectivity index (χ3n) is 4.30. The van der Waals surface area contributed by atoms with E-state index in [-0.39, 0.29) is 0 Å². The monoisotopic (exact) mass is 353 g/mol. The SMILES string of the molecule is CCCCCCCCCCC(NC)c1ccc(Br)cc1C. The average Bonchev–Trinajstić information content (AvgIpc) is 2.47. The van der Waals surface area contributed by atoms with Gasteiger partial charge in [-0.15, -0.1) is 0 Å². The fraction of sp³-hybridized carbons (Fsp3) is 0.684. The van der Waals surface area contributed by atoms with Crippen molar-refractivity contribution in [3.05, 3.63) is 33.8 Å². The first-order valence-corrected chi connectivity index (χ1v) is 9.41. The molecule has 1 rings (SSSR count). The molecule has 0 fully saturated rings. The minimum absolute atomic E-state index is 0.498. The molecule has 0 amide bonds. The molecule has 120 valence electrons. The van der Waals surface area contributed by atoms with Crippen molar-refractivity contribution in [2.45, 2.75) is 77.7 Å². The largest absolute Gasteiger partial charge is 0.313 e. The van der Waals surface area contributed by atoms with Gasteiger partial charge in [-0.3, -0.25) is 0 Å². The molecule has 1 nitrogen and oxygen atoms in total. The summed E-state index contributed by atoms with van der Waals surface area (Å²) >= 11 is 3.55. The molecule has 1 unspecified atom stereocenters. The molecule has 1 atom stereocenters. The summed E-state index contributed by atoms with van der Waals surface area (Å²) in [7, 11) is 2.08. The standard InChI is InChI=1S/C19H32BrN/c1-4-5-6-7-8-9-10-11-12-19(21-3)18-14-13-17(20)15-16(18)2/h13-15,19,21H,4-12H2,1-3H3. The maximum absolute atomic E-state index is 3.55. The van der Waals surface area contributed by atoms with Crippen molar-refractivity contribution >= 4 is 15.9 Å². The highest BCUT2D eigenvalue weighted by atomic mass is 79.9. The third kappa shape index (κ3) is 7.46. The van der Waals surface area contributed by atoms with Crippen LogP contribution in [0.15, 0.2) is 22.7 Å². The minimum Gasteiger partial charge on any atom is -0.313 e. The Labute approximate surface area is 140 Å². The van der Waals surface area contributed by atoms with Crippen LogP contribution in [0.5, 0.6) is 0 Å². The predicted octanol–water partition coefficient (Wildman–Crippen LogP) is 6.55. The summed E-state index contributed by atoms with van der Waals surface area (Å²) in [5.74, 6) is 0. The van der Waals surface area contributed by atoms with Crippen molar-refractivity contribution in [1.29, 1.82) is 0 Å². The molecule has 21 heavy (non-hydrogen) atoms. The summed E-state index contributed by atoms with van der Waals surface area (Å²) in [6, 6.07) is 7.12. The second kappa shape index (κ2) is 11.3. The van der Waals surface area contributed by atoms with Crippen LogP contribution in [0, 0.1) is 6.92 Å². The maximum Gasteiger partial charge on any atom is 0.0320 e. The lowest BCUT2D eigenvalue weighted by molar-refractivity contribution is 0.493. The molecular formula is C19H32BrN. The summed E-state index contributed by atoms with van der Waals surface area (Å²) in [6.45, 7) is 4.49. The first kappa shape index (κ1) is 18.7. The third-order valence-corrected chi connectivity index (χ3v) is 4.80. The Hall–Kier alpha value is -0.340. The molecule has 0 saturated carbocycles. The van der Waals surface area contributed by atoms with Gasteiger partial charge in [0.05, 0.1) is 0 Å². The van der Waals surface area contributed by atoms with E-state index in [2.05, 4.69) is 60.3 Å². The highest BCUT2D eigenvalue weighted by molar-refractivity contribution is 9.10. The van der Waals surface area contributed by atoms with Crippen LogP contribution in [0.25, 0.3) is 0 Å². The Morgan fingerprint density at radius 3 is 2.19 bits per heavy atom. The van der Waals surface area contributed by atoms with Gasteiger partial charge in [-0.05, 0) is 43.7 Å². The fourth-order valence-corrected chi connectivity index (χ4v) is 3.44. The van der Waals surface area contributed by atoms with Crippen LogP contribution in [-0.4, -0.2) is 7.05 Å². The Bertz CT molecular complexity index is 389. The Morgan fingerprint density at radius 2 is 1.62 bits per heavy atom. The summed E-state index contributed by atoms with van der Waals surface area (Å²) < 4.78 is 1.17. The number of halogens is 1. The van der Waals surface area contributed by atoms with Crippen molar-refractivity contribution in [3.63, 3.8) is 0 Å². The number of benzene rings is 1. The van der Waals surface area contributed by atoms with E-state index < -0.39 is 0 Å². The van der Waals surface area contributed by atoms with E-state index in [0.717, 1.165) is 0 Å². The highest BCUT2D eigenvalue weighted by Gasteiger charge is 2.11. The number of rotatable bonds is 11. The molecule has 0 heterocycles. The average molecular weight is 354 g/mol. The van der Waals surface area contributed by atoms with Crippen molar-refractivity contribution in [2.75, 3.05) is 7.05 Å². The predicted molar refractivity (Wildman–Crippen MR) is 97.9 cm³/mol. The van der Waals surface area contributed by atoms with Crippen molar-refractivity contribution in [2.24, 2.45) is 0 Å². The van der Waals surface area contributed by atoms with Crippen molar-refractivity contribution < 1.29 is 0 Å². The van der Waals surface area contributed by atoms with Crippen LogP contribution in [0.1, 0.15) is 81.9 Å². The molecule has 1 aromatic rings. The van der Waals surface area contributed by atoms with E-state index in [1.807, 2.05) is 0 Å². The number of hydrogen-bond acceptors (Lipinski definition) is 1. The van der Waals surface area contributed by atoms with Gasteiger partial charge in [-0.2, -0.15) is 0 Å². The van der Waals surface area contributed by atoms with Gasteiger partial charge in [0.1, 0.15) is 0 Å². The zero-order valence-electron chi connectivity index (χ0n) is 14.1. The van der Waals surface area contributed by atoms with Gasteiger partial charge in [0, 0.05) is 10.5 Å². The Kier molecular flexibility index (Phi) is 10.0. The number of hydrogen-bond donors (Lipinski definition) is 1. The van der Waals surface area contributed by atoms with E-state index in [0.29, 0.717) is 6.04 Å². The molecule has 0 saturated heterocycles. The molecule has 0 aromatic heterocycles. The molecule has 1 N–H and O–H groups in total. The smallest absolute Gasteiger partial charge is 0.0320 e. The molecule has 0 bridgehead atoms. The van der Waals surface area contributed by atoms with Crippen LogP contribution < -0.4 is 5.32 Å². The second-order valence-corrected chi connectivity index (χ2v) is 7.02. The van der Waals surface area contributed by atoms with Crippen LogP contribution in [0.4, 0.5) is 0 Å². The van der Waals surface area contributed by atoms with Gasteiger partial charge in [0.15, 0.2) is 0 Å². The van der Waals surface area contributed by atoms with E-state index in [9.17, 15) is 0 Å².